The summed E-state index contributed by atoms with van der Waals surface area (Å²) in [4.78, 5) is 2.48. The number of para-hydroxylation sites is 1. The van der Waals surface area contributed by atoms with Gasteiger partial charge in [0.15, 0.2) is 0 Å². The van der Waals surface area contributed by atoms with E-state index in [0.717, 1.165) is 19.6 Å². The van der Waals surface area contributed by atoms with Crippen molar-refractivity contribution in [2.24, 2.45) is 0 Å². The Labute approximate surface area is 99.8 Å². The molecule has 1 unspecified atom stereocenters. The standard InChI is InChI=1S/C12H17BrN2/c1-10-9-14-7-4-8-15(10)12-6-3-2-5-11(12)13/h2-3,5-6,10,14H,4,7-9H2,1H3. The van der Waals surface area contributed by atoms with Gasteiger partial charge in [0.1, 0.15) is 0 Å². The molecule has 0 radical (unpaired) electrons. The van der Waals surface area contributed by atoms with Crippen LogP contribution in [0, 0.1) is 0 Å². The predicted molar refractivity (Wildman–Crippen MR) is 68.4 cm³/mol. The van der Waals surface area contributed by atoms with Crippen molar-refractivity contribution in [3.05, 3.63) is 28.7 Å². The molecule has 1 atom stereocenters. The van der Waals surface area contributed by atoms with Crippen molar-refractivity contribution >= 4 is 21.6 Å². The first-order chi connectivity index (χ1) is 7.29. The molecule has 2 nitrogen and oxygen atoms in total. The lowest BCUT2D eigenvalue weighted by Crippen LogP contribution is -2.37. The lowest BCUT2D eigenvalue weighted by atomic mass is 10.2. The van der Waals surface area contributed by atoms with Crippen LogP contribution < -0.4 is 10.2 Å². The number of hydrogen-bond donors (Lipinski definition) is 1. The van der Waals surface area contributed by atoms with Gasteiger partial charge in [-0.1, -0.05) is 12.1 Å². The number of rotatable bonds is 1. The Morgan fingerprint density at radius 1 is 1.40 bits per heavy atom. The fraction of sp³-hybridized carbons (Fsp3) is 0.500. The second-order valence-corrected chi connectivity index (χ2v) is 4.91. The highest BCUT2D eigenvalue weighted by Gasteiger charge is 2.18. The van der Waals surface area contributed by atoms with Crippen LogP contribution in [0.1, 0.15) is 13.3 Å². The van der Waals surface area contributed by atoms with Gasteiger partial charge < -0.3 is 10.2 Å². The lowest BCUT2D eigenvalue weighted by molar-refractivity contribution is 0.629. The molecule has 1 saturated heterocycles. The van der Waals surface area contributed by atoms with E-state index in [-0.39, 0.29) is 0 Å². The van der Waals surface area contributed by atoms with Gasteiger partial charge in [-0.2, -0.15) is 0 Å². The van der Waals surface area contributed by atoms with Crippen molar-refractivity contribution in [3.8, 4) is 0 Å². The molecular formula is C12H17BrN2. The Hall–Kier alpha value is -0.540. The van der Waals surface area contributed by atoms with Crippen molar-refractivity contribution < 1.29 is 0 Å². The molecule has 0 aromatic heterocycles. The molecule has 0 amide bonds. The Morgan fingerprint density at radius 2 is 2.20 bits per heavy atom. The first-order valence-electron chi connectivity index (χ1n) is 5.51. The summed E-state index contributed by atoms with van der Waals surface area (Å²) in [7, 11) is 0. The third-order valence-corrected chi connectivity index (χ3v) is 3.56. The van der Waals surface area contributed by atoms with E-state index in [4.69, 9.17) is 0 Å². The summed E-state index contributed by atoms with van der Waals surface area (Å²) < 4.78 is 1.19. The normalized spacial score (nSPS) is 22.5. The van der Waals surface area contributed by atoms with E-state index in [1.165, 1.54) is 16.6 Å². The highest BCUT2D eigenvalue weighted by molar-refractivity contribution is 9.10. The highest BCUT2D eigenvalue weighted by Crippen LogP contribution is 2.27. The van der Waals surface area contributed by atoms with Crippen LogP contribution in [0.5, 0.6) is 0 Å². The Balaban J connectivity index is 2.24. The summed E-state index contributed by atoms with van der Waals surface area (Å²) in [5, 5.41) is 3.46. The molecule has 0 spiro atoms. The quantitative estimate of drug-likeness (QED) is 0.843. The molecule has 0 aliphatic carbocycles. The average Bonchev–Trinajstić information content (AvgIpc) is 2.44. The first-order valence-corrected chi connectivity index (χ1v) is 6.30. The minimum Gasteiger partial charge on any atom is -0.367 e. The summed E-state index contributed by atoms with van der Waals surface area (Å²) in [5.41, 5.74) is 1.31. The van der Waals surface area contributed by atoms with Gasteiger partial charge in [0.2, 0.25) is 0 Å². The second-order valence-electron chi connectivity index (χ2n) is 4.05. The summed E-state index contributed by atoms with van der Waals surface area (Å²) >= 11 is 3.62. The molecule has 1 heterocycles. The van der Waals surface area contributed by atoms with Gasteiger partial charge in [0, 0.05) is 23.6 Å². The van der Waals surface area contributed by atoms with E-state index < -0.39 is 0 Å². The molecule has 82 valence electrons. The molecular weight excluding hydrogens is 252 g/mol. The molecule has 0 saturated carbocycles. The summed E-state index contributed by atoms with van der Waals surface area (Å²) in [6, 6.07) is 9.03. The Kier molecular flexibility index (Phi) is 3.65. The molecule has 1 N–H and O–H groups in total. The maximum absolute atomic E-state index is 3.62. The largest absolute Gasteiger partial charge is 0.367 e. The van der Waals surface area contributed by atoms with E-state index in [1.807, 2.05) is 0 Å². The predicted octanol–water partition coefficient (Wildman–Crippen LogP) is 2.64. The molecule has 1 aliphatic rings. The molecule has 0 bridgehead atoms. The maximum atomic E-state index is 3.62. The zero-order valence-electron chi connectivity index (χ0n) is 9.04. The average molecular weight is 269 g/mol. The highest BCUT2D eigenvalue weighted by atomic mass is 79.9. The van der Waals surface area contributed by atoms with Gasteiger partial charge in [-0.25, -0.2) is 0 Å². The number of nitrogens with one attached hydrogen (secondary N) is 1. The van der Waals surface area contributed by atoms with E-state index in [0.29, 0.717) is 6.04 Å². The van der Waals surface area contributed by atoms with Gasteiger partial charge in [0.25, 0.3) is 0 Å². The first kappa shape index (κ1) is 11.0. The molecule has 1 aromatic carbocycles. The number of halogens is 1. The van der Waals surface area contributed by atoms with Gasteiger partial charge in [-0.15, -0.1) is 0 Å². The number of anilines is 1. The molecule has 1 aliphatic heterocycles. The lowest BCUT2D eigenvalue weighted by Gasteiger charge is -2.30. The Bertz CT molecular complexity index is 327. The topological polar surface area (TPSA) is 15.3 Å². The zero-order chi connectivity index (χ0) is 10.7. The van der Waals surface area contributed by atoms with E-state index in [1.54, 1.807) is 0 Å². The molecule has 1 aromatic rings. The van der Waals surface area contributed by atoms with E-state index >= 15 is 0 Å². The zero-order valence-corrected chi connectivity index (χ0v) is 10.6. The molecule has 3 heteroatoms. The van der Waals surface area contributed by atoms with Crippen LogP contribution in [0.4, 0.5) is 5.69 Å². The van der Waals surface area contributed by atoms with Crippen molar-refractivity contribution in [1.82, 2.24) is 5.32 Å². The molecule has 2 rings (SSSR count). The summed E-state index contributed by atoms with van der Waals surface area (Å²) in [6.07, 6.45) is 1.21. The van der Waals surface area contributed by atoms with Gasteiger partial charge in [-0.05, 0) is 48.0 Å². The molecule has 1 fully saturated rings. The fourth-order valence-electron chi connectivity index (χ4n) is 2.06. The van der Waals surface area contributed by atoms with E-state index in [9.17, 15) is 0 Å². The van der Waals surface area contributed by atoms with Gasteiger partial charge in [0.05, 0.1) is 5.69 Å². The monoisotopic (exact) mass is 268 g/mol. The fourth-order valence-corrected chi connectivity index (χ4v) is 2.57. The summed E-state index contributed by atoms with van der Waals surface area (Å²) in [5.74, 6) is 0. The number of benzene rings is 1. The Morgan fingerprint density at radius 3 is 3.00 bits per heavy atom. The van der Waals surface area contributed by atoms with Crippen LogP contribution in [-0.4, -0.2) is 25.7 Å². The van der Waals surface area contributed by atoms with Crippen LogP contribution in [0.3, 0.4) is 0 Å². The van der Waals surface area contributed by atoms with Crippen molar-refractivity contribution in [3.63, 3.8) is 0 Å². The van der Waals surface area contributed by atoms with Crippen LogP contribution in [0.15, 0.2) is 28.7 Å². The van der Waals surface area contributed by atoms with Gasteiger partial charge >= 0.3 is 0 Å². The minimum absolute atomic E-state index is 0.561. The SMILES string of the molecule is CC1CNCCCN1c1ccccc1Br. The van der Waals surface area contributed by atoms with Crippen LogP contribution >= 0.6 is 15.9 Å². The molecule has 15 heavy (non-hydrogen) atoms. The third kappa shape index (κ3) is 2.52. The minimum atomic E-state index is 0.561. The van der Waals surface area contributed by atoms with Crippen LogP contribution in [0.25, 0.3) is 0 Å². The smallest absolute Gasteiger partial charge is 0.0513 e. The maximum Gasteiger partial charge on any atom is 0.0513 e. The van der Waals surface area contributed by atoms with Crippen molar-refractivity contribution in [2.75, 3.05) is 24.5 Å². The number of hydrogen-bond acceptors (Lipinski definition) is 2. The van der Waals surface area contributed by atoms with Crippen molar-refractivity contribution in [2.45, 2.75) is 19.4 Å². The second kappa shape index (κ2) is 4.99. The summed E-state index contributed by atoms with van der Waals surface area (Å²) in [6.45, 7) is 5.61. The number of nitrogens with zero attached hydrogens (tertiary/aromatic N) is 1. The van der Waals surface area contributed by atoms with Crippen molar-refractivity contribution in [1.29, 1.82) is 0 Å². The van der Waals surface area contributed by atoms with Crippen LogP contribution in [-0.2, 0) is 0 Å². The van der Waals surface area contributed by atoms with Crippen LogP contribution in [0.2, 0.25) is 0 Å². The third-order valence-electron chi connectivity index (χ3n) is 2.89. The van der Waals surface area contributed by atoms with Gasteiger partial charge in [-0.3, -0.25) is 0 Å². The van der Waals surface area contributed by atoms with E-state index in [2.05, 4.69) is 57.3 Å².